The number of thiophene rings is 1. The lowest BCUT2D eigenvalue weighted by molar-refractivity contribution is 0.149. The molecular formula is C108H103F4N25O10S. The fourth-order valence-corrected chi connectivity index (χ4v) is 16.3. The molecule has 12 aromatic heterocycles. The van der Waals surface area contributed by atoms with Gasteiger partial charge in [-0.15, -0.1) is 11.3 Å². The van der Waals surface area contributed by atoms with E-state index < -0.39 is 29.3 Å². The minimum absolute atomic E-state index is 0.101. The maximum absolute atomic E-state index is 14.3. The van der Waals surface area contributed by atoms with E-state index in [0.29, 0.717) is 171 Å². The lowest BCUT2D eigenvalue weighted by Gasteiger charge is -2.19. The summed E-state index contributed by atoms with van der Waals surface area (Å²) in [7, 11) is 0. The van der Waals surface area contributed by atoms with Crippen molar-refractivity contribution in [3.8, 4) is 114 Å². The van der Waals surface area contributed by atoms with Crippen molar-refractivity contribution in [2.45, 2.75) is 139 Å². The van der Waals surface area contributed by atoms with Crippen molar-refractivity contribution in [2.24, 2.45) is 0 Å². The second-order valence-electron chi connectivity index (χ2n) is 36.3. The molecule has 20 aromatic rings. The predicted molar refractivity (Wildman–Crippen MR) is 554 cm³/mol. The molecule has 0 saturated heterocycles. The first-order chi connectivity index (χ1) is 71.2. The van der Waals surface area contributed by atoms with Gasteiger partial charge in [0.2, 0.25) is 0 Å². The molecule has 35 nitrogen and oxygen atoms in total. The van der Waals surface area contributed by atoms with E-state index in [0.717, 1.165) is 50.4 Å². The normalized spacial score (nSPS) is 11.5. The topological polar surface area (TPSA) is 457 Å². The summed E-state index contributed by atoms with van der Waals surface area (Å²) < 4.78 is 111. The van der Waals surface area contributed by atoms with Gasteiger partial charge in [-0.2, -0.15) is 20.4 Å². The smallest absolute Gasteiger partial charge is 0.164 e. The largest absolute Gasteiger partial charge is 0.489 e. The van der Waals surface area contributed by atoms with E-state index in [-0.39, 0.29) is 61.7 Å². The highest BCUT2D eigenvalue weighted by Gasteiger charge is 2.29. The standard InChI is InChI=1S/C28H27FN6O2.C27H26FN7O2.C27H26FN5O2S.C26H24FN7O4/c1-4-21-8-5-18(14-31-21)15-36-23-11-20(29)12-24(13-23)37-22-9-6-19(7-10-22)26-25-27(30)32-16-33-28(25)35(34-26)17(2)3;1-16-30-12-17(13-31-16)14-36-21-9-19(28)10-22(11-21)37-20-7-5-18(6-8-20)24-23-25(29)32-15-33-26(23)35(34-24)27(2,3)4;1-16-5-10-22(36-16)14-34-20-11-18(28)12-21(13-20)35-19-8-6-17(7-9-19)24-23-25(29)30-15-31-26(23)33(32-24)27(2,3)4;1-15-29-9-16(10-30-15)13-37-21-6-18(27)7-22(8-21)38-20-4-2-17(3-5-20)24-23-25(28)31-14-32-26(23)34(33-24)19(11-35)12-36/h5-14,16-17H,4,15H2,1-3H3,(H2,30,32,33);5-13,15H,14H2,1-4H3,(H2,29,32,33);5-13,15H,14H2,1-4H3,(H2,29,30,31);2-10,14,19,35-36H,11-13H2,1H3,(H2,28,31,32). The number of aryl methyl sites for hydroxylation is 4. The third-order valence-corrected chi connectivity index (χ3v) is 23.7. The van der Waals surface area contributed by atoms with Crippen molar-refractivity contribution in [1.82, 2.24) is 104 Å². The number of nitrogens with two attached hydrogens (primary N) is 4. The van der Waals surface area contributed by atoms with Crippen LogP contribution in [0.15, 0.2) is 250 Å². The molecule has 0 radical (unpaired) electrons. The molecule has 0 aliphatic carbocycles. The number of benzene rings is 8. The highest BCUT2D eigenvalue weighted by atomic mass is 32.1. The van der Waals surface area contributed by atoms with Crippen molar-refractivity contribution in [3.63, 3.8) is 0 Å². The van der Waals surface area contributed by atoms with E-state index in [2.05, 4.69) is 90.7 Å². The van der Waals surface area contributed by atoms with Gasteiger partial charge in [-0.25, -0.2) is 96.1 Å². The Bertz CT molecular complexity index is 8070. The Morgan fingerprint density at radius 3 is 0.946 bits per heavy atom. The van der Waals surface area contributed by atoms with Gasteiger partial charge in [0.15, 0.2) is 22.6 Å². The second kappa shape index (κ2) is 44.6. The molecule has 20 rings (SSSR count). The van der Waals surface area contributed by atoms with Crippen LogP contribution in [-0.2, 0) is 43.9 Å². The van der Waals surface area contributed by atoms with E-state index in [1.54, 1.807) is 141 Å². The summed E-state index contributed by atoms with van der Waals surface area (Å²) in [5.41, 5.74) is 35.7. The summed E-state index contributed by atoms with van der Waals surface area (Å²) in [5.74, 6) is 5.49. The number of ether oxygens (including phenoxy) is 8. The Kier molecular flexibility index (Phi) is 30.6. The Morgan fingerprint density at radius 1 is 0.331 bits per heavy atom. The van der Waals surface area contributed by atoms with Gasteiger partial charge in [0.1, 0.15) is 208 Å². The van der Waals surface area contributed by atoms with Crippen LogP contribution in [0.1, 0.15) is 118 Å². The number of hydrogen-bond acceptors (Lipinski definition) is 32. The number of fused-ring (bicyclic) bond motifs is 4. The van der Waals surface area contributed by atoms with Gasteiger partial charge in [-0.1, -0.05) is 13.0 Å². The van der Waals surface area contributed by atoms with Crippen molar-refractivity contribution in [2.75, 3.05) is 36.1 Å². The molecule has 0 atom stereocenters. The lowest BCUT2D eigenvalue weighted by Crippen LogP contribution is -2.23. The number of aliphatic hydroxyl groups excluding tert-OH is 2. The summed E-state index contributed by atoms with van der Waals surface area (Å²) in [6.45, 7) is 24.4. The quantitative estimate of drug-likeness (QED) is 0.0237. The van der Waals surface area contributed by atoms with Gasteiger partial charge in [0, 0.05) is 164 Å². The zero-order chi connectivity index (χ0) is 104. The highest BCUT2D eigenvalue weighted by Crippen LogP contribution is 2.42. The van der Waals surface area contributed by atoms with Crippen LogP contribution >= 0.6 is 11.3 Å². The average molecular weight is 2020 g/mol. The number of halogens is 4. The molecule has 0 aliphatic heterocycles. The maximum atomic E-state index is 14.3. The molecule has 8 aromatic carbocycles. The van der Waals surface area contributed by atoms with Gasteiger partial charge < -0.3 is 71.0 Å². The van der Waals surface area contributed by atoms with Crippen LogP contribution in [-0.4, -0.2) is 127 Å². The van der Waals surface area contributed by atoms with Crippen LogP contribution in [0, 0.1) is 44.0 Å². The minimum Gasteiger partial charge on any atom is -0.489 e. The van der Waals surface area contributed by atoms with Crippen LogP contribution in [0.3, 0.4) is 0 Å². The van der Waals surface area contributed by atoms with Crippen LogP contribution in [0.5, 0.6) is 69.0 Å². The molecule has 0 bridgehead atoms. The van der Waals surface area contributed by atoms with Gasteiger partial charge in [0.25, 0.3) is 0 Å². The van der Waals surface area contributed by atoms with E-state index in [1.165, 1.54) is 83.4 Å². The fourth-order valence-electron chi connectivity index (χ4n) is 15.5. The van der Waals surface area contributed by atoms with Crippen LogP contribution in [0.2, 0.25) is 0 Å². The number of pyridine rings is 1. The molecule has 12 heterocycles. The maximum Gasteiger partial charge on any atom is 0.164 e. The van der Waals surface area contributed by atoms with Crippen molar-refractivity contribution in [1.29, 1.82) is 0 Å². The first kappa shape index (κ1) is 102. The summed E-state index contributed by atoms with van der Waals surface area (Å²) in [4.78, 5) is 57.1. The lowest BCUT2D eigenvalue weighted by atomic mass is 10.1. The second-order valence-corrected chi connectivity index (χ2v) is 37.7. The van der Waals surface area contributed by atoms with Gasteiger partial charge >= 0.3 is 0 Å². The molecule has 148 heavy (non-hydrogen) atoms. The Morgan fingerprint density at radius 2 is 0.635 bits per heavy atom. The summed E-state index contributed by atoms with van der Waals surface area (Å²) in [6.07, 6.45) is 14.9. The number of anilines is 4. The van der Waals surface area contributed by atoms with Crippen LogP contribution in [0.4, 0.5) is 40.8 Å². The zero-order valence-electron chi connectivity index (χ0n) is 82.6. The monoisotopic (exact) mass is 2020 g/mol. The highest BCUT2D eigenvalue weighted by molar-refractivity contribution is 7.11. The molecule has 0 amide bonds. The van der Waals surface area contributed by atoms with Gasteiger partial charge in [-0.05, 0) is 198 Å². The third kappa shape index (κ3) is 24.5. The predicted octanol–water partition coefficient (Wildman–Crippen LogP) is 21.5. The molecular weight excluding hydrogens is 1920 g/mol. The van der Waals surface area contributed by atoms with E-state index in [4.69, 9.17) is 76.1 Å². The number of nitrogen functional groups attached to an aromatic ring is 4. The summed E-state index contributed by atoms with van der Waals surface area (Å²) in [5, 5.41) is 40.8. The van der Waals surface area contributed by atoms with Crippen molar-refractivity contribution >= 4 is 78.7 Å². The molecule has 10 N–H and O–H groups in total. The Balaban J connectivity index is 0.000000135. The number of nitrogens with zero attached hydrogens (tertiary/aromatic N) is 21. The molecule has 40 heteroatoms. The number of aliphatic hydroxyl groups is 2. The first-order valence-electron chi connectivity index (χ1n) is 46.8. The van der Waals surface area contributed by atoms with Crippen LogP contribution in [0.25, 0.3) is 89.2 Å². The van der Waals surface area contributed by atoms with E-state index >= 15 is 0 Å². The molecule has 0 saturated carbocycles. The Hall–Kier alpha value is -17.8. The Labute approximate surface area is 850 Å². The van der Waals surface area contributed by atoms with Crippen molar-refractivity contribution in [3.05, 3.63) is 317 Å². The van der Waals surface area contributed by atoms with E-state index in [9.17, 15) is 27.8 Å². The van der Waals surface area contributed by atoms with Gasteiger partial charge in [-0.3, -0.25) is 4.98 Å². The fraction of sp³-hybridized carbons (Fsp3) is 0.213. The number of hydrogen-bond donors (Lipinski definition) is 6. The number of aromatic nitrogens is 21. The van der Waals surface area contributed by atoms with E-state index in [1.807, 2.05) is 123 Å². The minimum atomic E-state index is -0.689. The first-order valence-corrected chi connectivity index (χ1v) is 47.6. The molecule has 0 aliphatic rings. The molecule has 0 fully saturated rings. The molecule has 0 spiro atoms. The summed E-state index contributed by atoms with van der Waals surface area (Å²) >= 11 is 1.65. The number of rotatable bonds is 29. The summed E-state index contributed by atoms with van der Waals surface area (Å²) in [6, 6.07) is 53.3. The SMILES string of the molecule is CCc1ccc(COc2cc(F)cc(Oc3ccc(-c4nn(C(C)C)c5ncnc(N)c45)cc3)c2)cn1.Cc1ccc(COc2cc(F)cc(Oc3ccc(-c4nn(C(C)(C)C)c5ncnc(N)c45)cc3)c2)s1.Cc1ncc(COc2cc(F)cc(Oc3ccc(-c4nn(C(C)(C)C)c5ncnc(N)c45)cc3)c2)cn1.Cc1ncc(COc2cc(F)cc(Oc3ccc(-c4nn(C(CO)CO)c5ncnc(N)c45)cc3)c2)cn1. The molecule has 754 valence electrons. The van der Waals surface area contributed by atoms with Gasteiger partial charge in [0.05, 0.1) is 45.8 Å². The van der Waals surface area contributed by atoms with Crippen LogP contribution < -0.4 is 60.8 Å². The van der Waals surface area contributed by atoms with Crippen molar-refractivity contribution < 1.29 is 65.7 Å². The average Bonchev–Trinajstić information content (AvgIpc) is 1.65. The zero-order valence-corrected chi connectivity index (χ0v) is 83.4. The molecule has 0 unspecified atom stereocenters. The third-order valence-electron chi connectivity index (χ3n) is 22.7.